The van der Waals surface area contributed by atoms with E-state index in [0.717, 1.165) is 35.9 Å². The molecule has 0 radical (unpaired) electrons. The number of aryl methyl sites for hydroxylation is 1. The minimum absolute atomic E-state index is 0.149. The molecule has 28 heavy (non-hydrogen) atoms. The van der Waals surface area contributed by atoms with Gasteiger partial charge in [-0.3, -0.25) is 9.36 Å². The molecular formula is C21H23N5O2. The number of anilines is 1. The average molecular weight is 377 g/mol. The third kappa shape index (κ3) is 3.69. The lowest BCUT2D eigenvalue weighted by atomic mass is 10.2. The second-order valence-corrected chi connectivity index (χ2v) is 7.02. The standard InChI is InChI=1S/C21H23N5O2/c1-15-13-24-21(28)26(15)18-6-4-17(5-7-18)20(27)23-14-16-8-9-22-19(12-16)25-10-2-3-11-25/h4-9,12-13H,2-3,10-11,14H2,1H3,(H,23,27)(H,24,28). The van der Waals surface area contributed by atoms with E-state index < -0.39 is 0 Å². The molecule has 7 nitrogen and oxygen atoms in total. The van der Waals surface area contributed by atoms with Gasteiger partial charge in [0.1, 0.15) is 5.82 Å². The smallest absolute Gasteiger partial charge is 0.330 e. The fourth-order valence-corrected chi connectivity index (χ4v) is 3.51. The second kappa shape index (κ2) is 7.72. The molecular weight excluding hydrogens is 354 g/mol. The molecule has 0 aliphatic carbocycles. The van der Waals surface area contributed by atoms with Gasteiger partial charge in [0.05, 0.1) is 5.69 Å². The Morgan fingerprint density at radius 2 is 1.93 bits per heavy atom. The summed E-state index contributed by atoms with van der Waals surface area (Å²) >= 11 is 0. The summed E-state index contributed by atoms with van der Waals surface area (Å²) in [6, 6.07) is 11.0. The first-order valence-electron chi connectivity index (χ1n) is 9.47. The average Bonchev–Trinajstić information content (AvgIpc) is 3.37. The van der Waals surface area contributed by atoms with E-state index in [1.807, 2.05) is 19.1 Å². The number of hydrogen-bond acceptors (Lipinski definition) is 4. The topological polar surface area (TPSA) is 83.0 Å². The summed E-state index contributed by atoms with van der Waals surface area (Å²) < 4.78 is 1.57. The third-order valence-electron chi connectivity index (χ3n) is 5.04. The summed E-state index contributed by atoms with van der Waals surface area (Å²) in [7, 11) is 0. The van der Waals surface area contributed by atoms with Crippen LogP contribution in [-0.4, -0.2) is 33.5 Å². The molecule has 1 fully saturated rings. The first-order valence-corrected chi connectivity index (χ1v) is 9.47. The van der Waals surface area contributed by atoms with Crippen molar-refractivity contribution in [2.24, 2.45) is 0 Å². The van der Waals surface area contributed by atoms with Crippen LogP contribution in [0.5, 0.6) is 0 Å². The lowest BCUT2D eigenvalue weighted by Crippen LogP contribution is -2.24. The zero-order valence-electron chi connectivity index (χ0n) is 15.8. The number of aromatic nitrogens is 3. The SMILES string of the molecule is Cc1c[nH]c(=O)n1-c1ccc(C(=O)NCc2ccnc(N3CCCC3)c2)cc1. The molecule has 0 bridgehead atoms. The summed E-state index contributed by atoms with van der Waals surface area (Å²) in [6.07, 6.45) is 5.86. The summed E-state index contributed by atoms with van der Waals surface area (Å²) in [5, 5.41) is 2.95. The van der Waals surface area contributed by atoms with Gasteiger partial charge in [0.2, 0.25) is 0 Å². The number of carbonyl (C=O) groups excluding carboxylic acids is 1. The monoisotopic (exact) mass is 377 g/mol. The van der Waals surface area contributed by atoms with Gasteiger partial charge in [-0.25, -0.2) is 9.78 Å². The van der Waals surface area contributed by atoms with Crippen LogP contribution in [-0.2, 0) is 6.54 Å². The van der Waals surface area contributed by atoms with Crippen molar-refractivity contribution in [1.29, 1.82) is 0 Å². The van der Waals surface area contributed by atoms with E-state index in [0.29, 0.717) is 12.1 Å². The molecule has 4 rings (SSSR count). The van der Waals surface area contributed by atoms with E-state index in [4.69, 9.17) is 0 Å². The van der Waals surface area contributed by atoms with Crippen molar-refractivity contribution in [2.75, 3.05) is 18.0 Å². The van der Waals surface area contributed by atoms with Crippen LogP contribution in [0.15, 0.2) is 53.6 Å². The van der Waals surface area contributed by atoms with E-state index in [1.54, 1.807) is 41.2 Å². The molecule has 1 aliphatic heterocycles. The highest BCUT2D eigenvalue weighted by molar-refractivity contribution is 5.94. The van der Waals surface area contributed by atoms with Crippen molar-refractivity contribution in [2.45, 2.75) is 26.3 Å². The number of imidazole rings is 1. The van der Waals surface area contributed by atoms with E-state index in [9.17, 15) is 9.59 Å². The Bertz CT molecular complexity index is 1030. The highest BCUT2D eigenvalue weighted by atomic mass is 16.2. The molecule has 144 valence electrons. The van der Waals surface area contributed by atoms with Gasteiger partial charge in [0.25, 0.3) is 5.91 Å². The largest absolute Gasteiger partial charge is 0.357 e. The van der Waals surface area contributed by atoms with Gasteiger partial charge in [-0.1, -0.05) is 0 Å². The van der Waals surface area contributed by atoms with Gasteiger partial charge in [-0.2, -0.15) is 0 Å². The maximum absolute atomic E-state index is 12.5. The lowest BCUT2D eigenvalue weighted by molar-refractivity contribution is 0.0951. The van der Waals surface area contributed by atoms with Crippen molar-refractivity contribution >= 4 is 11.7 Å². The van der Waals surface area contributed by atoms with Crippen molar-refractivity contribution in [3.63, 3.8) is 0 Å². The van der Waals surface area contributed by atoms with Gasteiger partial charge < -0.3 is 15.2 Å². The third-order valence-corrected chi connectivity index (χ3v) is 5.04. The maximum atomic E-state index is 12.5. The Balaban J connectivity index is 1.41. The fraction of sp³-hybridized carbons (Fsp3) is 0.286. The Morgan fingerprint density at radius 3 is 2.61 bits per heavy atom. The number of nitrogens with one attached hydrogen (secondary N) is 2. The highest BCUT2D eigenvalue weighted by Crippen LogP contribution is 2.18. The zero-order chi connectivity index (χ0) is 19.5. The molecule has 0 atom stereocenters. The van der Waals surface area contributed by atoms with Crippen LogP contribution >= 0.6 is 0 Å². The Morgan fingerprint density at radius 1 is 1.18 bits per heavy atom. The number of amides is 1. The number of hydrogen-bond donors (Lipinski definition) is 2. The van der Waals surface area contributed by atoms with Gasteiger partial charge in [0.15, 0.2) is 0 Å². The van der Waals surface area contributed by atoms with E-state index in [-0.39, 0.29) is 11.6 Å². The molecule has 2 aromatic heterocycles. The zero-order valence-corrected chi connectivity index (χ0v) is 15.8. The van der Waals surface area contributed by atoms with E-state index in [1.165, 1.54) is 12.8 Å². The molecule has 0 spiro atoms. The molecule has 2 N–H and O–H groups in total. The predicted molar refractivity (Wildman–Crippen MR) is 108 cm³/mol. The van der Waals surface area contributed by atoms with Gasteiger partial charge in [-0.15, -0.1) is 0 Å². The first-order chi connectivity index (χ1) is 13.6. The van der Waals surface area contributed by atoms with Crippen molar-refractivity contribution in [3.8, 4) is 5.69 Å². The number of rotatable bonds is 5. The minimum atomic E-state index is -0.193. The van der Waals surface area contributed by atoms with Crippen LogP contribution in [0.2, 0.25) is 0 Å². The van der Waals surface area contributed by atoms with Gasteiger partial charge in [0, 0.05) is 43.3 Å². The molecule has 0 saturated carbocycles. The van der Waals surface area contributed by atoms with Crippen molar-refractivity contribution in [3.05, 3.63) is 76.1 Å². The number of benzene rings is 1. The summed E-state index contributed by atoms with van der Waals surface area (Å²) in [5.74, 6) is 0.824. The molecule has 1 aromatic carbocycles. The molecule has 0 unspecified atom stereocenters. The molecule has 3 heterocycles. The fourth-order valence-electron chi connectivity index (χ4n) is 3.51. The lowest BCUT2D eigenvalue weighted by Gasteiger charge is -2.17. The molecule has 1 amide bonds. The summed E-state index contributed by atoms with van der Waals surface area (Å²) in [5.41, 5.74) is 2.93. The van der Waals surface area contributed by atoms with Gasteiger partial charge in [-0.05, 0) is 61.7 Å². The Labute approximate surface area is 163 Å². The van der Waals surface area contributed by atoms with Crippen LogP contribution in [0.25, 0.3) is 5.69 Å². The molecule has 1 saturated heterocycles. The van der Waals surface area contributed by atoms with E-state index >= 15 is 0 Å². The van der Waals surface area contributed by atoms with E-state index in [2.05, 4.69) is 20.2 Å². The molecule has 3 aromatic rings. The quantitative estimate of drug-likeness (QED) is 0.715. The number of H-pyrrole nitrogens is 1. The van der Waals surface area contributed by atoms with Crippen LogP contribution in [0, 0.1) is 6.92 Å². The van der Waals surface area contributed by atoms with Crippen LogP contribution in [0.4, 0.5) is 5.82 Å². The second-order valence-electron chi connectivity index (χ2n) is 7.02. The van der Waals surface area contributed by atoms with Crippen LogP contribution < -0.4 is 15.9 Å². The summed E-state index contributed by atoms with van der Waals surface area (Å²) in [4.78, 5) is 33.7. The number of carbonyl (C=O) groups is 1. The summed E-state index contributed by atoms with van der Waals surface area (Å²) in [6.45, 7) is 4.38. The first kappa shape index (κ1) is 18.0. The van der Waals surface area contributed by atoms with Gasteiger partial charge >= 0.3 is 5.69 Å². The maximum Gasteiger partial charge on any atom is 0.330 e. The Kier molecular flexibility index (Phi) is 4.97. The Hall–Kier alpha value is -3.35. The predicted octanol–water partition coefficient (Wildman–Crippen LogP) is 2.40. The minimum Gasteiger partial charge on any atom is -0.357 e. The molecule has 7 heteroatoms. The van der Waals surface area contributed by atoms with Crippen molar-refractivity contribution < 1.29 is 4.79 Å². The van der Waals surface area contributed by atoms with Crippen LogP contribution in [0.3, 0.4) is 0 Å². The molecule has 1 aliphatic rings. The number of aromatic amines is 1. The van der Waals surface area contributed by atoms with Crippen LogP contribution in [0.1, 0.15) is 34.5 Å². The number of nitrogens with zero attached hydrogens (tertiary/aromatic N) is 3. The normalized spacial score (nSPS) is 13.7. The number of pyridine rings is 1. The highest BCUT2D eigenvalue weighted by Gasteiger charge is 2.14. The van der Waals surface area contributed by atoms with Crippen molar-refractivity contribution in [1.82, 2.24) is 19.9 Å².